The molecule has 0 radical (unpaired) electrons. The molecule has 0 atom stereocenters. The van der Waals surface area contributed by atoms with Crippen molar-refractivity contribution in [1.82, 2.24) is 9.97 Å². The SMILES string of the molecule is C=CCN(CCC)c1cncc(N)n1. The molecule has 0 saturated heterocycles. The van der Waals surface area contributed by atoms with Crippen molar-refractivity contribution in [3.05, 3.63) is 25.0 Å². The summed E-state index contributed by atoms with van der Waals surface area (Å²) in [6.07, 6.45) is 6.17. The first-order valence-electron chi connectivity index (χ1n) is 4.71. The average Bonchev–Trinajstić information content (AvgIpc) is 2.17. The van der Waals surface area contributed by atoms with Crippen LogP contribution >= 0.6 is 0 Å². The van der Waals surface area contributed by atoms with Crippen molar-refractivity contribution < 1.29 is 0 Å². The first-order valence-corrected chi connectivity index (χ1v) is 4.71. The number of rotatable bonds is 5. The zero-order valence-corrected chi connectivity index (χ0v) is 8.48. The summed E-state index contributed by atoms with van der Waals surface area (Å²) in [6.45, 7) is 7.53. The van der Waals surface area contributed by atoms with E-state index < -0.39 is 0 Å². The summed E-state index contributed by atoms with van der Waals surface area (Å²) < 4.78 is 0. The van der Waals surface area contributed by atoms with Crippen molar-refractivity contribution in [2.75, 3.05) is 23.7 Å². The third kappa shape index (κ3) is 2.73. The predicted molar refractivity (Wildman–Crippen MR) is 59.1 cm³/mol. The molecule has 0 bridgehead atoms. The second-order valence-corrected chi connectivity index (χ2v) is 3.04. The zero-order valence-electron chi connectivity index (χ0n) is 8.48. The van der Waals surface area contributed by atoms with E-state index in [0.717, 1.165) is 25.3 Å². The number of anilines is 2. The van der Waals surface area contributed by atoms with Gasteiger partial charge in [0.2, 0.25) is 0 Å². The number of nitrogens with zero attached hydrogens (tertiary/aromatic N) is 3. The molecule has 0 unspecified atom stereocenters. The van der Waals surface area contributed by atoms with Gasteiger partial charge in [0.25, 0.3) is 0 Å². The lowest BCUT2D eigenvalue weighted by atomic mass is 10.4. The van der Waals surface area contributed by atoms with Crippen LogP contribution < -0.4 is 10.6 Å². The van der Waals surface area contributed by atoms with Crippen LogP contribution in [0.15, 0.2) is 25.0 Å². The molecule has 0 aromatic carbocycles. The summed E-state index contributed by atoms with van der Waals surface area (Å²) in [5.41, 5.74) is 5.56. The molecule has 0 aliphatic rings. The Balaban J connectivity index is 2.80. The smallest absolute Gasteiger partial charge is 0.149 e. The molecular formula is C10H16N4. The quantitative estimate of drug-likeness (QED) is 0.718. The number of hydrogen-bond donors (Lipinski definition) is 1. The summed E-state index contributed by atoms with van der Waals surface area (Å²) >= 11 is 0. The number of aromatic nitrogens is 2. The van der Waals surface area contributed by atoms with Crippen LogP contribution in [0.2, 0.25) is 0 Å². The normalized spacial score (nSPS) is 9.79. The van der Waals surface area contributed by atoms with Crippen LogP contribution in [-0.4, -0.2) is 23.1 Å². The molecule has 14 heavy (non-hydrogen) atoms. The van der Waals surface area contributed by atoms with E-state index in [1.54, 1.807) is 12.4 Å². The van der Waals surface area contributed by atoms with Crippen LogP contribution in [-0.2, 0) is 0 Å². The highest BCUT2D eigenvalue weighted by Crippen LogP contribution is 2.10. The maximum absolute atomic E-state index is 5.56. The Hall–Kier alpha value is -1.58. The van der Waals surface area contributed by atoms with Gasteiger partial charge in [-0.25, -0.2) is 4.98 Å². The molecule has 0 aliphatic carbocycles. The molecule has 1 rings (SSSR count). The van der Waals surface area contributed by atoms with E-state index in [1.165, 1.54) is 0 Å². The molecule has 2 N–H and O–H groups in total. The van der Waals surface area contributed by atoms with E-state index in [2.05, 4.69) is 28.4 Å². The van der Waals surface area contributed by atoms with Crippen molar-refractivity contribution >= 4 is 11.6 Å². The molecule has 0 fully saturated rings. The van der Waals surface area contributed by atoms with Gasteiger partial charge < -0.3 is 10.6 Å². The van der Waals surface area contributed by atoms with Crippen molar-refractivity contribution in [1.29, 1.82) is 0 Å². The van der Waals surface area contributed by atoms with E-state index >= 15 is 0 Å². The first-order chi connectivity index (χ1) is 6.77. The molecule has 0 spiro atoms. The minimum atomic E-state index is 0.452. The van der Waals surface area contributed by atoms with Gasteiger partial charge >= 0.3 is 0 Å². The molecular weight excluding hydrogens is 176 g/mol. The van der Waals surface area contributed by atoms with E-state index in [-0.39, 0.29) is 0 Å². The monoisotopic (exact) mass is 192 g/mol. The first kappa shape index (κ1) is 10.5. The minimum Gasteiger partial charge on any atom is -0.382 e. The predicted octanol–water partition coefficient (Wildman–Crippen LogP) is 1.46. The fourth-order valence-electron chi connectivity index (χ4n) is 1.25. The zero-order chi connectivity index (χ0) is 10.4. The highest BCUT2D eigenvalue weighted by Gasteiger charge is 2.05. The molecule has 0 amide bonds. The van der Waals surface area contributed by atoms with Gasteiger partial charge in [0.15, 0.2) is 0 Å². The summed E-state index contributed by atoms with van der Waals surface area (Å²) in [7, 11) is 0. The third-order valence-corrected chi connectivity index (χ3v) is 1.81. The van der Waals surface area contributed by atoms with Gasteiger partial charge in [-0.1, -0.05) is 13.0 Å². The molecule has 76 valence electrons. The Morgan fingerprint density at radius 3 is 2.93 bits per heavy atom. The Labute approximate surface area is 84.5 Å². The molecule has 1 aromatic rings. The second-order valence-electron chi connectivity index (χ2n) is 3.04. The average molecular weight is 192 g/mol. The molecule has 4 nitrogen and oxygen atoms in total. The summed E-state index contributed by atoms with van der Waals surface area (Å²) in [5, 5.41) is 0. The fraction of sp³-hybridized carbons (Fsp3) is 0.400. The van der Waals surface area contributed by atoms with E-state index in [9.17, 15) is 0 Å². The van der Waals surface area contributed by atoms with Crippen molar-refractivity contribution in [3.8, 4) is 0 Å². The van der Waals surface area contributed by atoms with Crippen LogP contribution in [0.1, 0.15) is 13.3 Å². The van der Waals surface area contributed by atoms with Gasteiger partial charge in [-0.3, -0.25) is 4.98 Å². The summed E-state index contributed by atoms with van der Waals surface area (Å²) in [5.74, 6) is 1.26. The Morgan fingerprint density at radius 1 is 1.57 bits per heavy atom. The third-order valence-electron chi connectivity index (χ3n) is 1.81. The lowest BCUT2D eigenvalue weighted by molar-refractivity contribution is 0.800. The molecule has 1 heterocycles. The summed E-state index contributed by atoms with van der Waals surface area (Å²) in [4.78, 5) is 10.3. The lowest BCUT2D eigenvalue weighted by Gasteiger charge is -2.20. The van der Waals surface area contributed by atoms with Crippen molar-refractivity contribution in [3.63, 3.8) is 0 Å². The highest BCUT2D eigenvalue weighted by atomic mass is 15.2. The highest BCUT2D eigenvalue weighted by molar-refractivity contribution is 5.41. The van der Waals surface area contributed by atoms with Crippen LogP contribution in [0.5, 0.6) is 0 Å². The maximum Gasteiger partial charge on any atom is 0.149 e. The maximum atomic E-state index is 5.56. The topological polar surface area (TPSA) is 55.0 Å². The van der Waals surface area contributed by atoms with Gasteiger partial charge in [-0.2, -0.15) is 0 Å². The van der Waals surface area contributed by atoms with Gasteiger partial charge in [0.05, 0.1) is 12.4 Å². The van der Waals surface area contributed by atoms with Crippen molar-refractivity contribution in [2.45, 2.75) is 13.3 Å². The molecule has 0 aliphatic heterocycles. The Kier molecular flexibility index (Phi) is 3.91. The second kappa shape index (κ2) is 5.21. The van der Waals surface area contributed by atoms with E-state index in [1.807, 2.05) is 6.08 Å². The lowest BCUT2D eigenvalue weighted by Crippen LogP contribution is -2.25. The largest absolute Gasteiger partial charge is 0.382 e. The van der Waals surface area contributed by atoms with Gasteiger partial charge in [0, 0.05) is 13.1 Å². The van der Waals surface area contributed by atoms with Gasteiger partial charge in [-0.15, -0.1) is 6.58 Å². The Bertz CT molecular complexity index is 298. The molecule has 4 heteroatoms. The van der Waals surface area contributed by atoms with Crippen LogP contribution in [0.4, 0.5) is 11.6 Å². The standard InChI is InChI=1S/C10H16N4/c1-3-5-14(6-4-2)10-8-12-7-9(11)13-10/h3,7-8H,1,4-6H2,2H3,(H2,11,13). The minimum absolute atomic E-state index is 0.452. The molecule has 1 aromatic heterocycles. The van der Waals surface area contributed by atoms with Gasteiger partial charge in [0.1, 0.15) is 11.6 Å². The summed E-state index contributed by atoms with van der Waals surface area (Å²) in [6, 6.07) is 0. The number of nitrogen functional groups attached to an aromatic ring is 1. The van der Waals surface area contributed by atoms with Gasteiger partial charge in [-0.05, 0) is 6.42 Å². The fourth-order valence-corrected chi connectivity index (χ4v) is 1.25. The van der Waals surface area contributed by atoms with E-state index in [4.69, 9.17) is 5.73 Å². The number of hydrogen-bond acceptors (Lipinski definition) is 4. The Morgan fingerprint density at radius 2 is 2.36 bits per heavy atom. The van der Waals surface area contributed by atoms with Crippen LogP contribution in [0.25, 0.3) is 0 Å². The van der Waals surface area contributed by atoms with Crippen molar-refractivity contribution in [2.24, 2.45) is 0 Å². The molecule has 0 saturated carbocycles. The van der Waals surface area contributed by atoms with Crippen LogP contribution in [0.3, 0.4) is 0 Å². The number of nitrogens with two attached hydrogens (primary N) is 1. The van der Waals surface area contributed by atoms with E-state index in [0.29, 0.717) is 5.82 Å². The van der Waals surface area contributed by atoms with Crippen LogP contribution in [0, 0.1) is 0 Å².